The number of anilines is 1. The van der Waals surface area contributed by atoms with Gasteiger partial charge in [0.25, 0.3) is 0 Å². The van der Waals surface area contributed by atoms with Gasteiger partial charge in [0.1, 0.15) is 5.82 Å². The zero-order valence-electron chi connectivity index (χ0n) is 11.2. The highest BCUT2D eigenvalue weighted by atomic mass is 19.4. The number of carboxylic acids is 1. The van der Waals surface area contributed by atoms with Gasteiger partial charge in [-0.15, -0.1) is 0 Å². The molecular formula is C14H13F3N2O2. The van der Waals surface area contributed by atoms with Gasteiger partial charge in [0.05, 0.1) is 6.42 Å². The van der Waals surface area contributed by atoms with Crippen molar-refractivity contribution < 1.29 is 23.1 Å². The molecule has 112 valence electrons. The summed E-state index contributed by atoms with van der Waals surface area (Å²) in [5.74, 6) is -0.985. The molecule has 1 heterocycles. The molecule has 0 aliphatic carbocycles. The highest BCUT2D eigenvalue weighted by molar-refractivity contribution is 5.97. The summed E-state index contributed by atoms with van der Waals surface area (Å²) in [6, 6.07) is 8.26. The van der Waals surface area contributed by atoms with Crippen LogP contribution in [0.2, 0.25) is 0 Å². The van der Waals surface area contributed by atoms with Crippen molar-refractivity contribution >= 4 is 22.6 Å². The fraction of sp³-hybridized carbons (Fsp3) is 0.286. The van der Waals surface area contributed by atoms with Gasteiger partial charge in [-0.05, 0) is 11.5 Å². The second-order valence-electron chi connectivity index (χ2n) is 4.64. The maximum Gasteiger partial charge on any atom is 0.390 e. The Hall–Kier alpha value is -2.31. The molecular weight excluding hydrogens is 285 g/mol. The predicted octanol–water partition coefficient (Wildman–Crippen LogP) is 3.32. The number of fused-ring (bicyclic) bond motifs is 1. The zero-order valence-corrected chi connectivity index (χ0v) is 11.2. The number of benzene rings is 1. The molecule has 4 nitrogen and oxygen atoms in total. The van der Waals surface area contributed by atoms with Crippen molar-refractivity contribution in [1.29, 1.82) is 0 Å². The molecule has 0 saturated carbocycles. The molecule has 0 atom stereocenters. The molecule has 0 aliphatic heterocycles. The van der Waals surface area contributed by atoms with Gasteiger partial charge in [-0.3, -0.25) is 0 Å². The Kier molecular flexibility index (Phi) is 4.02. The number of aromatic carboxylic acids is 1. The van der Waals surface area contributed by atoms with E-state index in [1.165, 1.54) is 18.0 Å². The van der Waals surface area contributed by atoms with Crippen LogP contribution in [-0.4, -0.2) is 35.8 Å². The Labute approximate surface area is 118 Å². The molecule has 1 N–H and O–H groups in total. The van der Waals surface area contributed by atoms with E-state index in [2.05, 4.69) is 4.98 Å². The van der Waals surface area contributed by atoms with Gasteiger partial charge >= 0.3 is 12.1 Å². The molecule has 1 aromatic carbocycles. The zero-order chi connectivity index (χ0) is 15.6. The lowest BCUT2D eigenvalue weighted by atomic mass is 10.1. The summed E-state index contributed by atoms with van der Waals surface area (Å²) in [6.07, 6.45) is -5.26. The van der Waals surface area contributed by atoms with Crippen LogP contribution in [0.1, 0.15) is 16.9 Å². The lowest BCUT2D eigenvalue weighted by molar-refractivity contribution is -0.132. The van der Waals surface area contributed by atoms with Gasteiger partial charge in [-0.1, -0.05) is 24.3 Å². The van der Waals surface area contributed by atoms with Crippen LogP contribution >= 0.6 is 0 Å². The monoisotopic (exact) mass is 298 g/mol. The standard InChI is InChI=1S/C14H13F3N2O2/c1-19(7-6-14(15,16)17)12-10-5-3-2-4-9(10)8-11(18-12)13(20)21/h2-5,8H,6-7H2,1H3,(H,20,21). The third-order valence-electron chi connectivity index (χ3n) is 3.03. The Morgan fingerprint density at radius 3 is 2.62 bits per heavy atom. The SMILES string of the molecule is CN(CCC(F)(F)F)c1nc(C(=O)O)cc2ccccc12. The van der Waals surface area contributed by atoms with Crippen LogP contribution in [0, 0.1) is 0 Å². The number of hydrogen-bond donors (Lipinski definition) is 1. The number of hydrogen-bond acceptors (Lipinski definition) is 3. The average molecular weight is 298 g/mol. The number of rotatable bonds is 4. The van der Waals surface area contributed by atoms with Crippen molar-refractivity contribution in [3.63, 3.8) is 0 Å². The van der Waals surface area contributed by atoms with Crippen molar-refractivity contribution in [2.45, 2.75) is 12.6 Å². The maximum absolute atomic E-state index is 12.3. The van der Waals surface area contributed by atoms with Gasteiger partial charge in [0.2, 0.25) is 0 Å². The highest BCUT2D eigenvalue weighted by Gasteiger charge is 2.27. The number of carbonyl (C=O) groups is 1. The smallest absolute Gasteiger partial charge is 0.390 e. The maximum atomic E-state index is 12.3. The van der Waals surface area contributed by atoms with Crippen LogP contribution in [0.25, 0.3) is 10.8 Å². The van der Waals surface area contributed by atoms with Crippen LogP contribution < -0.4 is 4.90 Å². The molecule has 0 fully saturated rings. The van der Waals surface area contributed by atoms with Crippen molar-refractivity contribution in [2.24, 2.45) is 0 Å². The minimum atomic E-state index is -4.27. The number of pyridine rings is 1. The topological polar surface area (TPSA) is 53.4 Å². The van der Waals surface area contributed by atoms with Crippen LogP contribution in [0.15, 0.2) is 30.3 Å². The number of nitrogens with zero attached hydrogens (tertiary/aromatic N) is 2. The summed E-state index contributed by atoms with van der Waals surface area (Å²) in [5, 5.41) is 10.3. The molecule has 0 amide bonds. The quantitative estimate of drug-likeness (QED) is 0.940. The van der Waals surface area contributed by atoms with Crippen LogP contribution in [0.5, 0.6) is 0 Å². The molecule has 0 aliphatic rings. The Morgan fingerprint density at radius 2 is 2.00 bits per heavy atom. The van der Waals surface area contributed by atoms with Crippen LogP contribution in [0.3, 0.4) is 0 Å². The van der Waals surface area contributed by atoms with Crippen molar-refractivity contribution in [3.05, 3.63) is 36.0 Å². The predicted molar refractivity (Wildman–Crippen MR) is 72.6 cm³/mol. The number of alkyl halides is 3. The number of carboxylic acid groups (broad SMARTS) is 1. The van der Waals surface area contributed by atoms with Gasteiger partial charge < -0.3 is 10.0 Å². The first kappa shape index (κ1) is 15.1. The fourth-order valence-electron chi connectivity index (χ4n) is 1.98. The molecule has 21 heavy (non-hydrogen) atoms. The van der Waals surface area contributed by atoms with E-state index in [0.29, 0.717) is 10.8 Å². The lowest BCUT2D eigenvalue weighted by Crippen LogP contribution is -2.25. The van der Waals surface area contributed by atoms with Crippen LogP contribution in [0.4, 0.5) is 19.0 Å². The normalized spacial score (nSPS) is 11.6. The Balaban J connectivity index is 2.43. The largest absolute Gasteiger partial charge is 0.477 e. The molecule has 0 bridgehead atoms. The van der Waals surface area contributed by atoms with E-state index in [1.807, 2.05) is 0 Å². The highest BCUT2D eigenvalue weighted by Crippen LogP contribution is 2.27. The van der Waals surface area contributed by atoms with Gasteiger partial charge in [0, 0.05) is 19.0 Å². The van der Waals surface area contributed by atoms with Crippen molar-refractivity contribution in [1.82, 2.24) is 4.98 Å². The third kappa shape index (κ3) is 3.62. The molecule has 2 aromatic rings. The number of aromatic nitrogens is 1. The second kappa shape index (κ2) is 5.59. The molecule has 0 saturated heterocycles. The summed E-state index contributed by atoms with van der Waals surface area (Å²) < 4.78 is 36.9. The molecule has 0 spiro atoms. The molecule has 7 heteroatoms. The Bertz CT molecular complexity index is 671. The van der Waals surface area contributed by atoms with Gasteiger partial charge in [0.15, 0.2) is 5.69 Å². The molecule has 2 rings (SSSR count). The van der Waals surface area contributed by atoms with E-state index in [-0.39, 0.29) is 18.1 Å². The summed E-state index contributed by atoms with van der Waals surface area (Å²) in [6.45, 7) is -0.288. The second-order valence-corrected chi connectivity index (χ2v) is 4.64. The third-order valence-corrected chi connectivity index (χ3v) is 3.03. The summed E-state index contributed by atoms with van der Waals surface area (Å²) in [7, 11) is 1.46. The van der Waals surface area contributed by atoms with E-state index >= 15 is 0 Å². The molecule has 0 unspecified atom stereocenters. The van der Waals surface area contributed by atoms with Crippen molar-refractivity contribution in [3.8, 4) is 0 Å². The first-order valence-electron chi connectivity index (χ1n) is 6.19. The van der Waals surface area contributed by atoms with E-state index in [1.54, 1.807) is 24.3 Å². The minimum Gasteiger partial charge on any atom is -0.477 e. The van der Waals surface area contributed by atoms with Gasteiger partial charge in [-0.25, -0.2) is 9.78 Å². The van der Waals surface area contributed by atoms with Crippen LogP contribution in [-0.2, 0) is 0 Å². The summed E-state index contributed by atoms with van der Waals surface area (Å²) in [4.78, 5) is 16.4. The van der Waals surface area contributed by atoms with E-state index in [0.717, 1.165) is 0 Å². The Morgan fingerprint density at radius 1 is 1.33 bits per heavy atom. The molecule has 0 radical (unpaired) electrons. The lowest BCUT2D eigenvalue weighted by Gasteiger charge is -2.21. The summed E-state index contributed by atoms with van der Waals surface area (Å²) in [5.41, 5.74) is -0.192. The first-order chi connectivity index (χ1) is 9.78. The average Bonchev–Trinajstić information content (AvgIpc) is 2.42. The fourth-order valence-corrected chi connectivity index (χ4v) is 1.98. The summed E-state index contributed by atoms with van der Waals surface area (Å²) >= 11 is 0. The van der Waals surface area contributed by atoms with E-state index in [9.17, 15) is 18.0 Å². The van der Waals surface area contributed by atoms with E-state index < -0.39 is 18.6 Å². The van der Waals surface area contributed by atoms with E-state index in [4.69, 9.17) is 5.11 Å². The number of halogens is 3. The minimum absolute atomic E-state index is 0.192. The van der Waals surface area contributed by atoms with Crippen molar-refractivity contribution in [2.75, 3.05) is 18.5 Å². The first-order valence-corrected chi connectivity index (χ1v) is 6.19. The molecule has 1 aromatic heterocycles. The van der Waals surface area contributed by atoms with Gasteiger partial charge in [-0.2, -0.15) is 13.2 Å².